The average Bonchev–Trinajstić information content (AvgIpc) is 2.85. The van der Waals surface area contributed by atoms with Crippen molar-refractivity contribution < 1.29 is 9.31 Å². The number of aromatic nitrogens is 4. The van der Waals surface area contributed by atoms with Gasteiger partial charge in [-0.3, -0.25) is 0 Å². The van der Waals surface area contributed by atoms with Crippen molar-refractivity contribution in [2.45, 2.75) is 13.1 Å². The van der Waals surface area contributed by atoms with Crippen molar-refractivity contribution in [3.63, 3.8) is 0 Å². The number of nitro groups is 1. The predicted molar refractivity (Wildman–Crippen MR) is 64.2 cm³/mol. The molecule has 0 aromatic carbocycles. The Morgan fingerprint density at radius 1 is 1.53 bits per heavy atom. The molecule has 2 heterocycles. The molecule has 0 amide bonds. The summed E-state index contributed by atoms with van der Waals surface area (Å²) in [5.41, 5.74) is 0.860. The van der Waals surface area contributed by atoms with Crippen molar-refractivity contribution in [1.82, 2.24) is 20.0 Å². The summed E-state index contributed by atoms with van der Waals surface area (Å²) in [6.45, 7) is -0.136. The fourth-order valence-corrected chi connectivity index (χ4v) is 1.48. The number of hydrogen-bond donors (Lipinski definition) is 1. The number of anilines is 1. The van der Waals surface area contributed by atoms with Gasteiger partial charge in [-0.05, 0) is 22.0 Å². The molecular formula is C10H11FN6O2. The summed E-state index contributed by atoms with van der Waals surface area (Å²) >= 11 is 0. The molecule has 0 saturated heterocycles. The van der Waals surface area contributed by atoms with Crippen molar-refractivity contribution in [2.24, 2.45) is 0 Å². The Hall–Kier alpha value is -2.58. The average molecular weight is 265 g/mol. The van der Waals surface area contributed by atoms with E-state index in [1.165, 1.54) is 10.9 Å². The first kappa shape index (κ1) is 12.9. The van der Waals surface area contributed by atoms with Gasteiger partial charge in [0.25, 0.3) is 0 Å². The number of rotatable bonds is 6. The van der Waals surface area contributed by atoms with Crippen LogP contribution in [0.3, 0.4) is 0 Å². The molecule has 0 unspecified atom stereocenters. The highest BCUT2D eigenvalue weighted by atomic mass is 18.2. The van der Waals surface area contributed by atoms with Gasteiger partial charge >= 0.3 is 5.82 Å². The van der Waals surface area contributed by atoms with Gasteiger partial charge < -0.3 is 15.4 Å². The highest BCUT2D eigenvalue weighted by Crippen LogP contribution is 2.20. The molecule has 0 aliphatic carbocycles. The molecule has 0 spiro atoms. The number of aryl methyl sites for hydroxylation is 1. The molecule has 0 saturated carbocycles. The lowest BCUT2D eigenvalue weighted by Gasteiger charge is -2.03. The van der Waals surface area contributed by atoms with E-state index in [4.69, 9.17) is 0 Å². The van der Waals surface area contributed by atoms with Gasteiger partial charge in [-0.1, -0.05) is 5.21 Å². The van der Waals surface area contributed by atoms with E-state index in [1.54, 1.807) is 18.3 Å². The lowest BCUT2D eigenvalue weighted by molar-refractivity contribution is -0.388. The van der Waals surface area contributed by atoms with Crippen LogP contribution in [0.25, 0.3) is 0 Å². The topological polar surface area (TPSA) is 98.8 Å². The highest BCUT2D eigenvalue weighted by molar-refractivity contribution is 5.56. The summed E-state index contributed by atoms with van der Waals surface area (Å²) in [4.78, 5) is 13.9. The molecule has 0 aliphatic rings. The quantitative estimate of drug-likeness (QED) is 0.621. The largest absolute Gasteiger partial charge is 0.386 e. The van der Waals surface area contributed by atoms with Gasteiger partial charge in [0.15, 0.2) is 0 Å². The summed E-state index contributed by atoms with van der Waals surface area (Å²) in [5, 5.41) is 21.1. The second-order valence-corrected chi connectivity index (χ2v) is 3.65. The lowest BCUT2D eigenvalue weighted by atomic mass is 10.3. The molecule has 0 fully saturated rings. The van der Waals surface area contributed by atoms with Crippen LogP contribution in [0.5, 0.6) is 0 Å². The Morgan fingerprint density at radius 2 is 2.37 bits per heavy atom. The van der Waals surface area contributed by atoms with E-state index in [2.05, 4.69) is 20.6 Å². The number of nitrogens with zero attached hydrogens (tertiary/aromatic N) is 5. The van der Waals surface area contributed by atoms with E-state index < -0.39 is 11.6 Å². The van der Waals surface area contributed by atoms with Gasteiger partial charge in [0.05, 0.1) is 19.3 Å². The van der Waals surface area contributed by atoms with Crippen molar-refractivity contribution in [2.75, 3.05) is 12.0 Å². The summed E-state index contributed by atoms with van der Waals surface area (Å²) in [7, 11) is 0. The van der Waals surface area contributed by atoms with Crippen LogP contribution in [0.4, 0.5) is 15.9 Å². The molecule has 0 bridgehead atoms. The van der Waals surface area contributed by atoms with Gasteiger partial charge in [-0.2, -0.15) is 0 Å². The van der Waals surface area contributed by atoms with Gasteiger partial charge in [0, 0.05) is 0 Å². The van der Waals surface area contributed by atoms with Gasteiger partial charge in [0.1, 0.15) is 24.3 Å². The third kappa shape index (κ3) is 3.21. The Morgan fingerprint density at radius 3 is 3.11 bits per heavy atom. The molecule has 19 heavy (non-hydrogen) atoms. The SMILES string of the molecule is O=[N+]([O-])c1ncccc1NCc1cn(CC[18F])nn1. The zero-order valence-electron chi connectivity index (χ0n) is 9.86. The molecule has 9 heteroatoms. The maximum atomic E-state index is 12.1. The molecule has 8 nitrogen and oxygen atoms in total. The predicted octanol–water partition coefficient (Wildman–Crippen LogP) is 1.16. The van der Waals surface area contributed by atoms with Crippen LogP contribution in [-0.2, 0) is 13.1 Å². The first-order valence-electron chi connectivity index (χ1n) is 5.49. The maximum absolute atomic E-state index is 12.1. The second-order valence-electron chi connectivity index (χ2n) is 3.65. The Bertz CT molecular complexity index is 573. The Kier molecular flexibility index (Phi) is 3.96. The van der Waals surface area contributed by atoms with Gasteiger partial charge in [0.2, 0.25) is 0 Å². The number of nitrogens with one attached hydrogen (secondary N) is 1. The fraction of sp³-hybridized carbons (Fsp3) is 0.300. The van der Waals surface area contributed by atoms with Crippen LogP contribution < -0.4 is 5.32 Å². The standard InChI is InChI=1S/C10H11FN6O2/c11-3-5-16-7-8(14-15-16)6-13-9-2-1-4-12-10(9)17(18)19/h1-2,4,7,13H,3,5-6H2/i11-1. The minimum atomic E-state index is -0.567. The van der Waals surface area contributed by atoms with Crippen LogP contribution in [0.1, 0.15) is 5.69 Å². The monoisotopic (exact) mass is 265 g/mol. The second kappa shape index (κ2) is 5.85. The van der Waals surface area contributed by atoms with Crippen molar-refractivity contribution in [3.05, 3.63) is 40.3 Å². The van der Waals surface area contributed by atoms with Gasteiger partial charge in [-0.15, -0.1) is 5.10 Å². The number of alkyl halides is 1. The van der Waals surface area contributed by atoms with E-state index in [-0.39, 0.29) is 18.9 Å². The summed E-state index contributed by atoms with van der Waals surface area (Å²) in [6.07, 6.45) is 2.93. The summed E-state index contributed by atoms with van der Waals surface area (Å²) in [6, 6.07) is 3.15. The maximum Gasteiger partial charge on any atom is 0.386 e. The van der Waals surface area contributed by atoms with Crippen LogP contribution in [0.15, 0.2) is 24.5 Å². The normalized spacial score (nSPS) is 10.4. The van der Waals surface area contributed by atoms with Crippen LogP contribution in [0, 0.1) is 10.1 Å². The molecule has 2 aromatic heterocycles. The summed E-state index contributed by atoms with van der Waals surface area (Å²) < 4.78 is 13.5. The molecular weight excluding hydrogens is 254 g/mol. The van der Waals surface area contributed by atoms with E-state index in [9.17, 15) is 14.5 Å². The van der Waals surface area contributed by atoms with Crippen LogP contribution in [-0.4, -0.2) is 31.6 Å². The van der Waals surface area contributed by atoms with E-state index in [0.29, 0.717) is 11.4 Å². The van der Waals surface area contributed by atoms with Crippen molar-refractivity contribution >= 4 is 11.5 Å². The third-order valence-electron chi connectivity index (χ3n) is 2.32. The molecule has 0 aliphatic heterocycles. The first-order valence-corrected chi connectivity index (χ1v) is 5.49. The zero-order chi connectivity index (χ0) is 13.7. The minimum Gasteiger partial charge on any atom is -0.372 e. The van der Waals surface area contributed by atoms with Crippen molar-refractivity contribution in [1.29, 1.82) is 0 Å². The van der Waals surface area contributed by atoms with Gasteiger partial charge in [-0.25, -0.2) is 9.07 Å². The zero-order valence-corrected chi connectivity index (χ0v) is 9.86. The molecule has 0 atom stereocenters. The number of hydrogen-bond acceptors (Lipinski definition) is 6. The Balaban J connectivity index is 2.03. The molecule has 1 N–H and O–H groups in total. The fourth-order valence-electron chi connectivity index (χ4n) is 1.48. The van der Waals surface area contributed by atoms with E-state index in [0.717, 1.165) is 0 Å². The minimum absolute atomic E-state index is 0.139. The molecule has 2 rings (SSSR count). The smallest absolute Gasteiger partial charge is 0.372 e. The summed E-state index contributed by atoms with van der Waals surface area (Å²) in [5.74, 6) is -0.251. The highest BCUT2D eigenvalue weighted by Gasteiger charge is 2.13. The van der Waals surface area contributed by atoms with Crippen molar-refractivity contribution in [3.8, 4) is 0 Å². The lowest BCUT2D eigenvalue weighted by Crippen LogP contribution is -2.04. The number of halogens is 1. The first-order chi connectivity index (χ1) is 9.20. The Labute approximate surface area is 107 Å². The molecule has 2 aromatic rings. The van der Waals surface area contributed by atoms with Crippen LogP contribution in [0.2, 0.25) is 0 Å². The van der Waals surface area contributed by atoms with E-state index in [1.807, 2.05) is 0 Å². The van der Waals surface area contributed by atoms with Crippen LogP contribution >= 0.6 is 0 Å². The number of pyridine rings is 1. The molecule has 0 radical (unpaired) electrons. The third-order valence-corrected chi connectivity index (χ3v) is 2.32. The molecule has 100 valence electrons. The van der Waals surface area contributed by atoms with E-state index >= 15 is 0 Å².